The lowest BCUT2D eigenvalue weighted by Crippen LogP contribution is -2.26. The Morgan fingerprint density at radius 2 is 1.75 bits per heavy atom. The molecule has 4 rings (SSSR count). The number of hydrogen-bond donors (Lipinski definition) is 1. The summed E-state index contributed by atoms with van der Waals surface area (Å²) in [7, 11) is 0. The third-order valence-electron chi connectivity index (χ3n) is 5.55. The average molecular weight is 432 g/mol. The van der Waals surface area contributed by atoms with Crippen molar-refractivity contribution in [2.24, 2.45) is 0 Å². The molecular formula is C24H29N7O. The van der Waals surface area contributed by atoms with E-state index in [4.69, 9.17) is 0 Å². The number of hydrogen-bond acceptors (Lipinski definition) is 5. The van der Waals surface area contributed by atoms with Gasteiger partial charge in [-0.1, -0.05) is 69.2 Å². The van der Waals surface area contributed by atoms with E-state index in [0.717, 1.165) is 60.2 Å². The lowest BCUT2D eigenvalue weighted by atomic mass is 10.0. The summed E-state index contributed by atoms with van der Waals surface area (Å²) >= 11 is 0. The van der Waals surface area contributed by atoms with Gasteiger partial charge < -0.3 is 0 Å². The van der Waals surface area contributed by atoms with Crippen molar-refractivity contribution in [1.82, 2.24) is 35.0 Å². The Kier molecular flexibility index (Phi) is 6.89. The molecule has 0 aliphatic rings. The number of rotatable bonds is 10. The first-order valence-corrected chi connectivity index (χ1v) is 11.3. The van der Waals surface area contributed by atoms with Crippen molar-refractivity contribution in [3.63, 3.8) is 0 Å². The van der Waals surface area contributed by atoms with Crippen molar-refractivity contribution >= 4 is 0 Å². The molecule has 0 unspecified atom stereocenters. The summed E-state index contributed by atoms with van der Waals surface area (Å²) in [6.45, 7) is 5.44. The van der Waals surface area contributed by atoms with Crippen LogP contribution in [-0.2, 0) is 19.5 Å². The first-order chi connectivity index (χ1) is 15.7. The van der Waals surface area contributed by atoms with Crippen molar-refractivity contribution in [1.29, 1.82) is 0 Å². The van der Waals surface area contributed by atoms with Crippen LogP contribution in [0.4, 0.5) is 0 Å². The third kappa shape index (κ3) is 4.85. The fourth-order valence-electron chi connectivity index (χ4n) is 3.83. The van der Waals surface area contributed by atoms with Crippen molar-refractivity contribution in [2.45, 2.75) is 59.0 Å². The number of H-pyrrole nitrogens is 1. The summed E-state index contributed by atoms with van der Waals surface area (Å²) in [6.07, 6.45) is 5.07. The molecule has 8 heteroatoms. The van der Waals surface area contributed by atoms with Crippen LogP contribution < -0.4 is 5.69 Å². The van der Waals surface area contributed by atoms with Crippen LogP contribution in [0.2, 0.25) is 0 Å². The Labute approximate surface area is 187 Å². The standard InChI is InChI=1S/C24H29N7O/c1-3-5-6-10-22-27-31(15-4-2)24(32)30(22)17-18-11-13-19(14-12-18)20-8-7-9-21(16-20)23-25-28-29-26-23/h7-9,11-14,16H,3-6,10,15,17H2,1-2H3,(H,25,26,28,29). The highest BCUT2D eigenvalue weighted by atomic mass is 16.2. The van der Waals surface area contributed by atoms with Gasteiger partial charge in [0.15, 0.2) is 5.82 Å². The molecule has 2 aromatic heterocycles. The van der Waals surface area contributed by atoms with Gasteiger partial charge >= 0.3 is 5.69 Å². The van der Waals surface area contributed by atoms with Crippen molar-refractivity contribution in [3.8, 4) is 22.5 Å². The molecular weight excluding hydrogens is 402 g/mol. The van der Waals surface area contributed by atoms with Crippen LogP contribution in [0.25, 0.3) is 22.5 Å². The maximum atomic E-state index is 12.9. The van der Waals surface area contributed by atoms with Crippen LogP contribution in [0, 0.1) is 0 Å². The molecule has 2 heterocycles. The Morgan fingerprint density at radius 1 is 0.938 bits per heavy atom. The van der Waals surface area contributed by atoms with E-state index >= 15 is 0 Å². The molecule has 0 fully saturated rings. The topological polar surface area (TPSA) is 94.3 Å². The average Bonchev–Trinajstić information content (AvgIpc) is 3.45. The first kappa shape index (κ1) is 21.7. The zero-order valence-electron chi connectivity index (χ0n) is 18.7. The summed E-state index contributed by atoms with van der Waals surface area (Å²) in [5, 5.41) is 18.7. The second-order valence-electron chi connectivity index (χ2n) is 7.99. The lowest BCUT2D eigenvalue weighted by Gasteiger charge is -2.08. The summed E-state index contributed by atoms with van der Waals surface area (Å²) in [5.74, 6) is 1.52. The van der Waals surface area contributed by atoms with E-state index in [1.165, 1.54) is 0 Å². The molecule has 0 saturated heterocycles. The van der Waals surface area contributed by atoms with Crippen LogP contribution in [-0.4, -0.2) is 35.0 Å². The summed E-state index contributed by atoms with van der Waals surface area (Å²) in [6, 6.07) is 16.4. The number of aromatic amines is 1. The van der Waals surface area contributed by atoms with E-state index in [2.05, 4.69) is 76.0 Å². The predicted octanol–water partition coefficient (Wildman–Crippen LogP) is 4.08. The van der Waals surface area contributed by atoms with Gasteiger partial charge in [-0.3, -0.25) is 4.57 Å². The highest BCUT2D eigenvalue weighted by Crippen LogP contribution is 2.24. The molecule has 0 amide bonds. The molecule has 0 aliphatic heterocycles. The quantitative estimate of drug-likeness (QED) is 0.382. The third-order valence-corrected chi connectivity index (χ3v) is 5.55. The fourth-order valence-corrected chi connectivity index (χ4v) is 3.83. The van der Waals surface area contributed by atoms with E-state index in [1.807, 2.05) is 16.7 Å². The van der Waals surface area contributed by atoms with Gasteiger partial charge in [0, 0.05) is 18.5 Å². The minimum absolute atomic E-state index is 0.0178. The Bertz CT molecular complexity index is 1190. The zero-order chi connectivity index (χ0) is 22.3. The SMILES string of the molecule is CCCCCc1nn(CCC)c(=O)n1Cc1ccc(-c2cccc(-c3nnn[nH]3)c2)cc1. The van der Waals surface area contributed by atoms with Gasteiger partial charge in [-0.2, -0.15) is 5.10 Å². The van der Waals surface area contributed by atoms with Gasteiger partial charge in [0.2, 0.25) is 0 Å². The largest absolute Gasteiger partial charge is 0.346 e. The first-order valence-electron chi connectivity index (χ1n) is 11.3. The minimum atomic E-state index is -0.0178. The van der Waals surface area contributed by atoms with E-state index in [1.54, 1.807) is 4.68 Å². The van der Waals surface area contributed by atoms with Gasteiger partial charge in [0.1, 0.15) is 5.82 Å². The number of aryl methyl sites for hydroxylation is 2. The molecule has 166 valence electrons. The van der Waals surface area contributed by atoms with Crippen LogP contribution in [0.3, 0.4) is 0 Å². The molecule has 32 heavy (non-hydrogen) atoms. The van der Waals surface area contributed by atoms with Crippen molar-refractivity contribution in [2.75, 3.05) is 0 Å². The van der Waals surface area contributed by atoms with Crippen LogP contribution in [0.15, 0.2) is 53.3 Å². The fraction of sp³-hybridized carbons (Fsp3) is 0.375. The molecule has 8 nitrogen and oxygen atoms in total. The number of tetrazole rings is 1. The van der Waals surface area contributed by atoms with E-state index in [0.29, 0.717) is 18.9 Å². The second kappa shape index (κ2) is 10.2. The number of benzene rings is 2. The molecule has 0 saturated carbocycles. The molecule has 0 radical (unpaired) electrons. The predicted molar refractivity (Wildman–Crippen MR) is 124 cm³/mol. The molecule has 0 atom stereocenters. The van der Waals surface area contributed by atoms with E-state index in [9.17, 15) is 4.79 Å². The highest BCUT2D eigenvalue weighted by molar-refractivity contribution is 5.70. The number of aromatic nitrogens is 7. The van der Waals surface area contributed by atoms with Crippen LogP contribution in [0.5, 0.6) is 0 Å². The highest BCUT2D eigenvalue weighted by Gasteiger charge is 2.13. The van der Waals surface area contributed by atoms with E-state index < -0.39 is 0 Å². The Balaban J connectivity index is 1.55. The Hall–Kier alpha value is -3.55. The second-order valence-corrected chi connectivity index (χ2v) is 7.99. The summed E-state index contributed by atoms with van der Waals surface area (Å²) in [4.78, 5) is 12.9. The van der Waals surface area contributed by atoms with Gasteiger partial charge in [0.05, 0.1) is 6.54 Å². The summed E-state index contributed by atoms with van der Waals surface area (Å²) < 4.78 is 3.44. The smallest absolute Gasteiger partial charge is 0.274 e. The minimum Gasteiger partial charge on any atom is -0.274 e. The molecule has 1 N–H and O–H groups in total. The number of nitrogens with zero attached hydrogens (tertiary/aromatic N) is 6. The molecule has 4 aromatic rings. The van der Waals surface area contributed by atoms with Gasteiger partial charge in [-0.15, -0.1) is 5.10 Å². The maximum absolute atomic E-state index is 12.9. The Morgan fingerprint density at radius 3 is 2.47 bits per heavy atom. The lowest BCUT2D eigenvalue weighted by molar-refractivity contribution is 0.568. The van der Waals surface area contributed by atoms with Crippen molar-refractivity contribution < 1.29 is 0 Å². The molecule has 2 aromatic carbocycles. The van der Waals surface area contributed by atoms with Crippen molar-refractivity contribution in [3.05, 3.63) is 70.4 Å². The zero-order valence-corrected chi connectivity index (χ0v) is 18.7. The molecule has 0 bridgehead atoms. The van der Waals surface area contributed by atoms with Gasteiger partial charge in [-0.05, 0) is 46.0 Å². The maximum Gasteiger partial charge on any atom is 0.346 e. The number of unbranched alkanes of at least 4 members (excludes halogenated alkanes) is 2. The van der Waals surface area contributed by atoms with Crippen LogP contribution in [0.1, 0.15) is 50.9 Å². The monoisotopic (exact) mass is 431 g/mol. The van der Waals surface area contributed by atoms with Gasteiger partial charge in [-0.25, -0.2) is 14.6 Å². The molecule has 0 aliphatic carbocycles. The molecule has 0 spiro atoms. The van der Waals surface area contributed by atoms with E-state index in [-0.39, 0.29) is 5.69 Å². The normalized spacial score (nSPS) is 11.2. The number of nitrogens with one attached hydrogen (secondary N) is 1. The van der Waals surface area contributed by atoms with Crippen LogP contribution >= 0.6 is 0 Å². The summed E-state index contributed by atoms with van der Waals surface area (Å²) in [5.41, 5.74) is 4.18. The van der Waals surface area contributed by atoms with Gasteiger partial charge in [0.25, 0.3) is 0 Å².